The minimum atomic E-state index is 1.11. The summed E-state index contributed by atoms with van der Waals surface area (Å²) in [6.07, 6.45) is 0. The van der Waals surface area contributed by atoms with Crippen LogP contribution in [0.25, 0.3) is 80.7 Å². The standard InChI is InChI=1S/C52H34N2S/c1-3-13-35(14-4-1)36-25-30-40(31-26-36)53(48-23-12-24-49-50(48)46-19-9-10-22-47(46)54(49)39-16-5-2-6-17-39)41-32-27-38(28-33-41)43-20-11-21-44-45-34-29-37-15-7-8-18-42(37)52(45)55-51(43)44/h1-34H. The molecule has 0 fully saturated rings. The maximum atomic E-state index is 2.43. The molecular formula is C52H34N2S. The van der Waals surface area contributed by atoms with Crippen LogP contribution >= 0.6 is 11.3 Å². The molecule has 3 heteroatoms. The molecule has 0 saturated heterocycles. The molecule has 0 radical (unpaired) electrons. The fraction of sp³-hybridized carbons (Fsp3) is 0. The van der Waals surface area contributed by atoms with Crippen molar-refractivity contribution in [2.45, 2.75) is 0 Å². The van der Waals surface area contributed by atoms with Crippen molar-refractivity contribution >= 4 is 81.1 Å². The molecule has 55 heavy (non-hydrogen) atoms. The molecule has 2 nitrogen and oxygen atoms in total. The molecule has 2 aromatic heterocycles. The number of anilines is 3. The van der Waals surface area contributed by atoms with Crippen molar-refractivity contribution in [2.24, 2.45) is 0 Å². The summed E-state index contributed by atoms with van der Waals surface area (Å²) in [6, 6.07) is 75.0. The van der Waals surface area contributed by atoms with Crippen LogP contribution in [0.3, 0.4) is 0 Å². The fourth-order valence-electron chi connectivity index (χ4n) is 8.45. The van der Waals surface area contributed by atoms with E-state index in [4.69, 9.17) is 0 Å². The molecule has 9 aromatic carbocycles. The van der Waals surface area contributed by atoms with Gasteiger partial charge in [0.05, 0.1) is 16.7 Å². The third-order valence-corrected chi connectivity index (χ3v) is 12.3. The van der Waals surface area contributed by atoms with Gasteiger partial charge in [-0.15, -0.1) is 11.3 Å². The predicted molar refractivity (Wildman–Crippen MR) is 237 cm³/mol. The lowest BCUT2D eigenvalue weighted by molar-refractivity contribution is 1.18. The van der Waals surface area contributed by atoms with Crippen LogP contribution in [0.1, 0.15) is 0 Å². The molecule has 0 amide bonds. The highest BCUT2D eigenvalue weighted by atomic mass is 32.1. The fourth-order valence-corrected chi connectivity index (χ4v) is 9.82. The zero-order valence-electron chi connectivity index (χ0n) is 29.9. The number of para-hydroxylation sites is 2. The number of hydrogen-bond acceptors (Lipinski definition) is 2. The number of nitrogens with zero attached hydrogens (tertiary/aromatic N) is 2. The summed E-state index contributed by atoms with van der Waals surface area (Å²) >= 11 is 1.91. The first-order valence-corrected chi connectivity index (χ1v) is 19.6. The van der Waals surface area contributed by atoms with E-state index < -0.39 is 0 Å². The van der Waals surface area contributed by atoms with Gasteiger partial charge < -0.3 is 9.47 Å². The van der Waals surface area contributed by atoms with Crippen LogP contribution in [0.4, 0.5) is 17.1 Å². The molecule has 0 aliphatic carbocycles. The van der Waals surface area contributed by atoms with Gasteiger partial charge in [-0.3, -0.25) is 0 Å². The van der Waals surface area contributed by atoms with Gasteiger partial charge in [-0.2, -0.15) is 0 Å². The van der Waals surface area contributed by atoms with E-state index in [-0.39, 0.29) is 0 Å². The topological polar surface area (TPSA) is 8.17 Å². The molecule has 0 saturated carbocycles. The van der Waals surface area contributed by atoms with E-state index in [2.05, 4.69) is 216 Å². The van der Waals surface area contributed by atoms with E-state index in [1.807, 2.05) is 11.3 Å². The number of aromatic nitrogens is 1. The number of benzene rings is 9. The number of fused-ring (bicyclic) bond motifs is 8. The zero-order chi connectivity index (χ0) is 36.3. The van der Waals surface area contributed by atoms with E-state index in [1.54, 1.807) is 0 Å². The van der Waals surface area contributed by atoms with Crippen LogP contribution in [0.2, 0.25) is 0 Å². The normalized spacial score (nSPS) is 11.6. The second-order valence-corrected chi connectivity index (χ2v) is 15.1. The van der Waals surface area contributed by atoms with Gasteiger partial charge in [0.1, 0.15) is 0 Å². The monoisotopic (exact) mass is 718 g/mol. The molecule has 11 aromatic rings. The third-order valence-electron chi connectivity index (χ3n) is 11.0. The maximum Gasteiger partial charge on any atom is 0.0562 e. The summed E-state index contributed by atoms with van der Waals surface area (Å²) in [5.41, 5.74) is 11.8. The molecule has 11 rings (SSSR count). The summed E-state index contributed by atoms with van der Waals surface area (Å²) in [6.45, 7) is 0. The molecule has 0 aliphatic heterocycles. The highest BCUT2D eigenvalue weighted by Gasteiger charge is 2.21. The first-order chi connectivity index (χ1) is 27.3. The van der Waals surface area contributed by atoms with Crippen molar-refractivity contribution in [2.75, 3.05) is 4.90 Å². The summed E-state index contributed by atoms with van der Waals surface area (Å²) in [4.78, 5) is 2.43. The molecule has 0 aliphatic rings. The van der Waals surface area contributed by atoms with E-state index >= 15 is 0 Å². The van der Waals surface area contributed by atoms with Crippen LogP contribution in [-0.4, -0.2) is 4.57 Å². The van der Waals surface area contributed by atoms with E-state index in [1.165, 1.54) is 75.0 Å². The average Bonchev–Trinajstić information content (AvgIpc) is 3.82. The Morgan fingerprint density at radius 2 is 0.945 bits per heavy atom. The number of hydrogen-bond donors (Lipinski definition) is 0. The van der Waals surface area contributed by atoms with Gasteiger partial charge in [-0.25, -0.2) is 0 Å². The van der Waals surface area contributed by atoms with Crippen LogP contribution in [0.15, 0.2) is 206 Å². The minimum absolute atomic E-state index is 1.11. The van der Waals surface area contributed by atoms with Gasteiger partial charge in [0.25, 0.3) is 0 Å². The SMILES string of the molecule is c1ccc(-c2ccc(N(c3ccc(-c4cccc5c4sc4c6ccccc6ccc54)cc3)c3cccc4c3c3ccccc3n4-c3ccccc3)cc2)cc1. The summed E-state index contributed by atoms with van der Waals surface area (Å²) < 4.78 is 5.07. The van der Waals surface area contributed by atoms with Crippen molar-refractivity contribution < 1.29 is 0 Å². The third kappa shape index (κ3) is 5.16. The van der Waals surface area contributed by atoms with E-state index in [0.29, 0.717) is 0 Å². The summed E-state index contributed by atoms with van der Waals surface area (Å²) in [5.74, 6) is 0. The lowest BCUT2D eigenvalue weighted by Gasteiger charge is -2.27. The zero-order valence-corrected chi connectivity index (χ0v) is 30.7. The molecule has 0 atom stereocenters. The van der Waals surface area contributed by atoms with Crippen molar-refractivity contribution in [3.63, 3.8) is 0 Å². The van der Waals surface area contributed by atoms with Gasteiger partial charge >= 0.3 is 0 Å². The smallest absolute Gasteiger partial charge is 0.0562 e. The molecule has 0 unspecified atom stereocenters. The quantitative estimate of drug-likeness (QED) is 0.166. The van der Waals surface area contributed by atoms with Crippen molar-refractivity contribution in [1.29, 1.82) is 0 Å². The van der Waals surface area contributed by atoms with E-state index in [9.17, 15) is 0 Å². The van der Waals surface area contributed by atoms with Crippen molar-refractivity contribution in [3.8, 4) is 27.9 Å². The molecule has 0 spiro atoms. The van der Waals surface area contributed by atoms with Gasteiger partial charge in [-0.1, -0.05) is 152 Å². The maximum absolute atomic E-state index is 2.43. The summed E-state index contributed by atoms with van der Waals surface area (Å²) in [5, 5.41) is 7.69. The van der Waals surface area contributed by atoms with Crippen LogP contribution in [-0.2, 0) is 0 Å². The Kier molecular flexibility index (Phi) is 7.39. The Morgan fingerprint density at radius 3 is 1.73 bits per heavy atom. The Labute approximate surface area is 323 Å². The van der Waals surface area contributed by atoms with Gasteiger partial charge in [-0.05, 0) is 87.6 Å². The predicted octanol–water partition coefficient (Wildman–Crippen LogP) is 15.1. The lowest BCUT2D eigenvalue weighted by atomic mass is 10.0. The molecular weight excluding hydrogens is 685 g/mol. The number of thiophene rings is 1. The first-order valence-electron chi connectivity index (χ1n) is 18.8. The second-order valence-electron chi connectivity index (χ2n) is 14.1. The van der Waals surface area contributed by atoms with Crippen molar-refractivity contribution in [1.82, 2.24) is 4.57 Å². The minimum Gasteiger partial charge on any atom is -0.310 e. The van der Waals surface area contributed by atoms with Gasteiger partial charge in [0.2, 0.25) is 0 Å². The van der Waals surface area contributed by atoms with Crippen molar-refractivity contribution in [3.05, 3.63) is 206 Å². The Balaban J connectivity index is 1.10. The molecule has 258 valence electrons. The van der Waals surface area contributed by atoms with E-state index in [0.717, 1.165) is 22.7 Å². The molecule has 0 N–H and O–H groups in total. The van der Waals surface area contributed by atoms with Crippen LogP contribution in [0.5, 0.6) is 0 Å². The van der Waals surface area contributed by atoms with Crippen LogP contribution in [0, 0.1) is 0 Å². The Morgan fingerprint density at radius 1 is 0.364 bits per heavy atom. The second kappa shape index (κ2) is 12.9. The van der Waals surface area contributed by atoms with Gasteiger partial charge in [0.15, 0.2) is 0 Å². The average molecular weight is 719 g/mol. The lowest BCUT2D eigenvalue weighted by Crippen LogP contribution is -2.10. The Bertz CT molecular complexity index is 3180. The highest BCUT2D eigenvalue weighted by Crippen LogP contribution is 2.46. The van der Waals surface area contributed by atoms with Gasteiger partial charge in [0, 0.05) is 48.0 Å². The first kappa shape index (κ1) is 31.6. The summed E-state index contributed by atoms with van der Waals surface area (Å²) in [7, 11) is 0. The number of rotatable bonds is 6. The largest absolute Gasteiger partial charge is 0.310 e. The van der Waals surface area contributed by atoms with Crippen LogP contribution < -0.4 is 4.90 Å². The molecule has 2 heterocycles. The highest BCUT2D eigenvalue weighted by molar-refractivity contribution is 7.27. The Hall–Kier alpha value is -6.94. The molecule has 0 bridgehead atoms.